The number of nitrogens with zero attached hydrogens (tertiary/aromatic N) is 1. The number of anilines is 2. The molecule has 0 aliphatic rings. The van der Waals surface area contributed by atoms with Crippen molar-refractivity contribution >= 4 is 33.2 Å². The predicted molar refractivity (Wildman–Crippen MR) is 125 cm³/mol. The van der Waals surface area contributed by atoms with E-state index in [1.807, 2.05) is 13.8 Å². The molecule has 3 rings (SSSR count). The molecule has 0 atom stereocenters. The van der Waals surface area contributed by atoms with Crippen LogP contribution in [-0.4, -0.2) is 32.8 Å². The maximum Gasteiger partial charge on any atom is 0.264 e. The van der Waals surface area contributed by atoms with Gasteiger partial charge in [0.15, 0.2) is 0 Å². The van der Waals surface area contributed by atoms with Crippen molar-refractivity contribution in [3.63, 3.8) is 0 Å². The third kappa shape index (κ3) is 5.53. The van der Waals surface area contributed by atoms with Crippen LogP contribution in [0.15, 0.2) is 89.8 Å². The van der Waals surface area contributed by atoms with Crippen LogP contribution < -0.4 is 14.9 Å². The highest BCUT2D eigenvalue weighted by atomic mass is 32.2. The molecule has 0 aliphatic heterocycles. The summed E-state index contributed by atoms with van der Waals surface area (Å²) in [6, 6.07) is 22.9. The highest BCUT2D eigenvalue weighted by Gasteiger charge is 2.27. The minimum Gasteiger partial charge on any atom is -0.350 e. The van der Waals surface area contributed by atoms with E-state index in [4.69, 9.17) is 0 Å². The van der Waals surface area contributed by atoms with E-state index in [1.54, 1.807) is 72.8 Å². The molecule has 0 unspecified atom stereocenters. The zero-order valence-electron chi connectivity index (χ0n) is 17.9. The Morgan fingerprint density at radius 2 is 1.41 bits per heavy atom. The molecule has 0 saturated heterocycles. The maximum atomic E-state index is 13.3. The van der Waals surface area contributed by atoms with Crippen molar-refractivity contribution in [1.29, 1.82) is 0 Å². The van der Waals surface area contributed by atoms with Gasteiger partial charge in [-0.05, 0) is 50.2 Å². The highest BCUT2D eigenvalue weighted by Crippen LogP contribution is 2.24. The Bertz CT molecular complexity index is 1180. The molecule has 0 spiro atoms. The van der Waals surface area contributed by atoms with Gasteiger partial charge in [-0.3, -0.25) is 13.9 Å². The molecule has 0 radical (unpaired) electrons. The Balaban J connectivity index is 1.89. The summed E-state index contributed by atoms with van der Waals surface area (Å²) < 4.78 is 27.6. The Hall–Kier alpha value is -3.65. The second kappa shape index (κ2) is 10.1. The molecule has 3 aromatic rings. The first-order valence-corrected chi connectivity index (χ1v) is 11.6. The van der Waals surface area contributed by atoms with Crippen LogP contribution in [0.4, 0.5) is 11.4 Å². The zero-order chi connectivity index (χ0) is 23.1. The Morgan fingerprint density at radius 3 is 2.03 bits per heavy atom. The fraction of sp³-hybridized carbons (Fsp3) is 0.167. The normalized spacial score (nSPS) is 11.1. The van der Waals surface area contributed by atoms with Gasteiger partial charge in [0.25, 0.3) is 15.9 Å². The van der Waals surface area contributed by atoms with Crippen molar-refractivity contribution in [2.24, 2.45) is 0 Å². The van der Waals surface area contributed by atoms with Crippen molar-refractivity contribution in [3.05, 3.63) is 90.5 Å². The van der Waals surface area contributed by atoms with E-state index in [2.05, 4.69) is 10.6 Å². The number of rotatable bonds is 8. The van der Waals surface area contributed by atoms with Gasteiger partial charge in [-0.15, -0.1) is 0 Å². The van der Waals surface area contributed by atoms with E-state index < -0.39 is 22.5 Å². The van der Waals surface area contributed by atoms with E-state index >= 15 is 0 Å². The van der Waals surface area contributed by atoms with Gasteiger partial charge in [0, 0.05) is 6.04 Å². The lowest BCUT2D eigenvalue weighted by Crippen LogP contribution is -2.38. The highest BCUT2D eigenvalue weighted by molar-refractivity contribution is 7.92. The average molecular weight is 452 g/mol. The number of carbonyl (C=O) groups is 2. The first kappa shape index (κ1) is 23.0. The average Bonchev–Trinajstić information content (AvgIpc) is 2.78. The summed E-state index contributed by atoms with van der Waals surface area (Å²) in [4.78, 5) is 25.5. The number of amides is 2. The second-order valence-corrected chi connectivity index (χ2v) is 9.24. The summed E-state index contributed by atoms with van der Waals surface area (Å²) >= 11 is 0. The molecule has 3 aromatic carbocycles. The molecule has 0 fully saturated rings. The molecular weight excluding hydrogens is 426 g/mol. The number of para-hydroxylation sites is 2. The molecule has 0 aromatic heterocycles. The maximum absolute atomic E-state index is 13.3. The molecule has 0 bridgehead atoms. The number of hydrogen-bond donors (Lipinski definition) is 2. The third-order valence-corrected chi connectivity index (χ3v) is 6.32. The molecular formula is C24H25N3O4S. The lowest BCUT2D eigenvalue weighted by Gasteiger charge is -2.24. The van der Waals surface area contributed by atoms with Crippen LogP contribution in [0.25, 0.3) is 0 Å². The fourth-order valence-electron chi connectivity index (χ4n) is 3.08. The summed E-state index contributed by atoms with van der Waals surface area (Å²) in [5, 5.41) is 5.47. The lowest BCUT2D eigenvalue weighted by atomic mass is 10.1. The molecule has 32 heavy (non-hydrogen) atoms. The zero-order valence-corrected chi connectivity index (χ0v) is 18.7. The fourth-order valence-corrected chi connectivity index (χ4v) is 4.52. The summed E-state index contributed by atoms with van der Waals surface area (Å²) in [6.45, 7) is 3.22. The largest absolute Gasteiger partial charge is 0.350 e. The van der Waals surface area contributed by atoms with Crippen LogP contribution in [0, 0.1) is 0 Å². The van der Waals surface area contributed by atoms with Crippen LogP contribution in [0.1, 0.15) is 24.2 Å². The van der Waals surface area contributed by atoms with Crippen LogP contribution in [-0.2, 0) is 14.8 Å². The molecule has 0 heterocycles. The van der Waals surface area contributed by atoms with Gasteiger partial charge in [-0.1, -0.05) is 48.5 Å². The van der Waals surface area contributed by atoms with Crippen molar-refractivity contribution in [1.82, 2.24) is 5.32 Å². The van der Waals surface area contributed by atoms with Gasteiger partial charge >= 0.3 is 0 Å². The lowest BCUT2D eigenvalue weighted by molar-refractivity contribution is -0.114. The SMILES string of the molecule is CC(C)NC(=O)c1ccccc1NC(=O)CN(c1ccccc1)S(=O)(=O)c1ccccc1. The number of sulfonamides is 1. The van der Waals surface area contributed by atoms with E-state index in [0.717, 1.165) is 4.31 Å². The van der Waals surface area contributed by atoms with Crippen LogP contribution in [0.3, 0.4) is 0 Å². The molecule has 0 aliphatic carbocycles. The van der Waals surface area contributed by atoms with Crippen molar-refractivity contribution in [3.8, 4) is 0 Å². The van der Waals surface area contributed by atoms with Crippen LogP contribution in [0.5, 0.6) is 0 Å². The number of nitrogens with one attached hydrogen (secondary N) is 2. The van der Waals surface area contributed by atoms with E-state index in [-0.39, 0.29) is 16.8 Å². The van der Waals surface area contributed by atoms with Gasteiger partial charge in [-0.25, -0.2) is 8.42 Å². The predicted octanol–water partition coefficient (Wildman–Crippen LogP) is 3.66. The van der Waals surface area contributed by atoms with Crippen molar-refractivity contribution in [2.75, 3.05) is 16.2 Å². The summed E-state index contributed by atoms with van der Waals surface area (Å²) in [5.41, 5.74) is 0.963. The van der Waals surface area contributed by atoms with Crippen molar-refractivity contribution in [2.45, 2.75) is 24.8 Å². The molecule has 2 amide bonds. The van der Waals surface area contributed by atoms with E-state index in [1.165, 1.54) is 12.1 Å². The first-order chi connectivity index (χ1) is 15.3. The first-order valence-electron chi connectivity index (χ1n) is 10.1. The minimum absolute atomic E-state index is 0.0733. The molecule has 2 N–H and O–H groups in total. The summed E-state index contributed by atoms with van der Waals surface area (Å²) in [7, 11) is -3.99. The standard InChI is InChI=1S/C24H25N3O4S/c1-18(2)25-24(29)21-15-9-10-16-22(21)26-23(28)17-27(19-11-5-3-6-12-19)32(30,31)20-13-7-4-8-14-20/h3-16,18H,17H2,1-2H3,(H,25,29)(H,26,28). The Kier molecular flexibility index (Phi) is 7.27. The van der Waals surface area contributed by atoms with Crippen LogP contribution in [0.2, 0.25) is 0 Å². The summed E-state index contributed by atoms with van der Waals surface area (Å²) in [5.74, 6) is -0.897. The quantitative estimate of drug-likeness (QED) is 0.546. The molecule has 166 valence electrons. The van der Waals surface area contributed by atoms with Gasteiger partial charge in [-0.2, -0.15) is 0 Å². The van der Waals surface area contributed by atoms with Crippen LogP contribution >= 0.6 is 0 Å². The van der Waals surface area contributed by atoms with E-state index in [0.29, 0.717) is 16.9 Å². The van der Waals surface area contributed by atoms with Crippen molar-refractivity contribution < 1.29 is 18.0 Å². The number of benzene rings is 3. The number of carbonyl (C=O) groups excluding carboxylic acids is 2. The Morgan fingerprint density at radius 1 is 0.844 bits per heavy atom. The van der Waals surface area contributed by atoms with Gasteiger partial charge in [0.1, 0.15) is 6.54 Å². The third-order valence-electron chi connectivity index (χ3n) is 4.53. The summed E-state index contributed by atoms with van der Waals surface area (Å²) in [6.07, 6.45) is 0. The molecule has 0 saturated carbocycles. The topological polar surface area (TPSA) is 95.6 Å². The molecule has 7 nitrogen and oxygen atoms in total. The Labute approximate surface area is 188 Å². The second-order valence-electron chi connectivity index (χ2n) is 7.38. The smallest absolute Gasteiger partial charge is 0.264 e. The number of hydrogen-bond acceptors (Lipinski definition) is 4. The van der Waals surface area contributed by atoms with Gasteiger partial charge < -0.3 is 10.6 Å². The van der Waals surface area contributed by atoms with E-state index in [9.17, 15) is 18.0 Å². The van der Waals surface area contributed by atoms with Gasteiger partial charge in [0.2, 0.25) is 5.91 Å². The van der Waals surface area contributed by atoms with Gasteiger partial charge in [0.05, 0.1) is 21.8 Å². The monoisotopic (exact) mass is 451 g/mol. The molecule has 8 heteroatoms. The minimum atomic E-state index is -3.99.